The number of ether oxygens (including phenoxy) is 1. The van der Waals surface area contributed by atoms with Crippen molar-refractivity contribution in [2.24, 2.45) is 5.10 Å². The summed E-state index contributed by atoms with van der Waals surface area (Å²) < 4.78 is 6.43. The molecule has 1 amide bonds. The second kappa shape index (κ2) is 8.43. The number of phenols is 1. The van der Waals surface area contributed by atoms with Crippen LogP contribution in [0.4, 0.5) is 5.69 Å². The zero-order valence-corrected chi connectivity index (χ0v) is 15.6. The van der Waals surface area contributed by atoms with Crippen LogP contribution in [0.3, 0.4) is 0 Å². The van der Waals surface area contributed by atoms with Gasteiger partial charge in [-0.05, 0) is 49.2 Å². The summed E-state index contributed by atoms with van der Waals surface area (Å²) in [5.74, 6) is -0.0605. The molecule has 0 heterocycles. The van der Waals surface area contributed by atoms with Gasteiger partial charge in [-0.25, -0.2) is 5.43 Å². The summed E-state index contributed by atoms with van der Waals surface area (Å²) in [5, 5.41) is 24.0. The highest BCUT2D eigenvalue weighted by atomic mass is 79.9. The molecule has 0 saturated carbocycles. The number of nitrogens with zero attached hydrogens (tertiary/aromatic N) is 2. The van der Waals surface area contributed by atoms with Crippen LogP contribution >= 0.6 is 15.9 Å². The maximum absolute atomic E-state index is 11.8. The molecule has 0 atom stereocenters. The lowest BCUT2D eigenvalue weighted by Crippen LogP contribution is -2.25. The zero-order valence-electron chi connectivity index (χ0n) is 14.0. The molecule has 0 unspecified atom stereocenters. The number of hydrogen-bond donors (Lipinski definition) is 2. The Bertz CT molecular complexity index is 860. The lowest BCUT2D eigenvalue weighted by atomic mass is 10.1. The Morgan fingerprint density at radius 3 is 2.62 bits per heavy atom. The molecular formula is C17H16BrN3O5. The van der Waals surface area contributed by atoms with Gasteiger partial charge >= 0.3 is 0 Å². The van der Waals surface area contributed by atoms with Gasteiger partial charge in [-0.3, -0.25) is 14.9 Å². The summed E-state index contributed by atoms with van der Waals surface area (Å²) >= 11 is 3.38. The summed E-state index contributed by atoms with van der Waals surface area (Å²) in [7, 11) is 0. The van der Waals surface area contributed by atoms with E-state index in [1.165, 1.54) is 12.1 Å². The molecule has 2 aromatic carbocycles. The van der Waals surface area contributed by atoms with E-state index in [1.807, 2.05) is 26.0 Å². The molecule has 136 valence electrons. The van der Waals surface area contributed by atoms with E-state index in [4.69, 9.17) is 4.74 Å². The Kier molecular flexibility index (Phi) is 6.29. The summed E-state index contributed by atoms with van der Waals surface area (Å²) in [4.78, 5) is 22.2. The van der Waals surface area contributed by atoms with Gasteiger partial charge in [0.1, 0.15) is 11.5 Å². The number of aromatic hydroxyl groups is 1. The van der Waals surface area contributed by atoms with Crippen molar-refractivity contribution in [1.82, 2.24) is 5.43 Å². The van der Waals surface area contributed by atoms with Gasteiger partial charge in [-0.15, -0.1) is 0 Å². The lowest BCUT2D eigenvalue weighted by Gasteiger charge is -2.11. The summed E-state index contributed by atoms with van der Waals surface area (Å²) in [5.41, 5.74) is 3.81. The molecule has 2 N–H and O–H groups in total. The number of nitro groups is 1. The van der Waals surface area contributed by atoms with Crippen molar-refractivity contribution >= 4 is 33.7 Å². The first-order valence-corrected chi connectivity index (χ1v) is 8.26. The second-order valence-corrected chi connectivity index (χ2v) is 6.37. The van der Waals surface area contributed by atoms with E-state index < -0.39 is 10.8 Å². The Labute approximate surface area is 157 Å². The fourth-order valence-corrected chi connectivity index (χ4v) is 2.97. The maximum atomic E-state index is 11.8. The van der Waals surface area contributed by atoms with Crippen molar-refractivity contribution < 1.29 is 19.6 Å². The number of hydrogen-bond acceptors (Lipinski definition) is 6. The Balaban J connectivity index is 1.99. The molecule has 8 nitrogen and oxygen atoms in total. The third kappa shape index (κ3) is 5.03. The number of amides is 1. The first-order chi connectivity index (χ1) is 12.3. The van der Waals surface area contributed by atoms with E-state index in [2.05, 4.69) is 26.5 Å². The highest BCUT2D eigenvalue weighted by Gasteiger charge is 2.13. The predicted octanol–water partition coefficient (Wildman–Crippen LogP) is 3.21. The largest absolute Gasteiger partial charge is 0.508 e. The average Bonchev–Trinajstić information content (AvgIpc) is 2.53. The van der Waals surface area contributed by atoms with Crippen molar-refractivity contribution in [2.45, 2.75) is 13.8 Å². The number of rotatable bonds is 6. The van der Waals surface area contributed by atoms with Gasteiger partial charge in [0.2, 0.25) is 0 Å². The highest BCUT2D eigenvalue weighted by Crippen LogP contribution is 2.27. The predicted molar refractivity (Wildman–Crippen MR) is 99.6 cm³/mol. The van der Waals surface area contributed by atoms with Crippen LogP contribution in [-0.4, -0.2) is 28.8 Å². The molecule has 0 fully saturated rings. The van der Waals surface area contributed by atoms with Gasteiger partial charge in [-0.2, -0.15) is 5.10 Å². The molecular weight excluding hydrogens is 406 g/mol. The van der Waals surface area contributed by atoms with Crippen molar-refractivity contribution in [3.63, 3.8) is 0 Å². The number of carbonyl (C=O) groups excluding carboxylic acids is 1. The van der Waals surface area contributed by atoms with Crippen LogP contribution in [-0.2, 0) is 4.79 Å². The van der Waals surface area contributed by atoms with E-state index in [1.54, 1.807) is 0 Å². The number of nitrogens with one attached hydrogen (secondary N) is 1. The van der Waals surface area contributed by atoms with Crippen molar-refractivity contribution in [3.8, 4) is 11.5 Å². The number of hydrazone groups is 1. The number of halogens is 1. The fraction of sp³-hybridized carbons (Fsp3) is 0.176. The molecule has 2 aromatic rings. The van der Waals surface area contributed by atoms with Gasteiger partial charge in [0.05, 0.1) is 16.7 Å². The minimum atomic E-state index is -0.606. The van der Waals surface area contributed by atoms with Crippen LogP contribution in [0.2, 0.25) is 0 Å². The molecule has 0 aliphatic heterocycles. The second-order valence-electron chi connectivity index (χ2n) is 5.45. The molecule has 26 heavy (non-hydrogen) atoms. The summed E-state index contributed by atoms with van der Waals surface area (Å²) in [6.45, 7) is 3.47. The van der Waals surface area contributed by atoms with Crippen molar-refractivity contribution in [2.75, 3.05) is 6.61 Å². The van der Waals surface area contributed by atoms with Crippen LogP contribution in [0.15, 0.2) is 39.9 Å². The minimum absolute atomic E-state index is 0.0656. The van der Waals surface area contributed by atoms with Crippen LogP contribution in [0, 0.1) is 24.0 Å². The summed E-state index contributed by atoms with van der Waals surface area (Å²) in [6, 6.07) is 7.28. The summed E-state index contributed by atoms with van der Waals surface area (Å²) in [6.07, 6.45) is 1.09. The normalized spacial score (nSPS) is 10.7. The van der Waals surface area contributed by atoms with E-state index >= 15 is 0 Å². The Morgan fingerprint density at radius 2 is 2.00 bits per heavy atom. The first-order valence-electron chi connectivity index (χ1n) is 7.47. The number of aryl methyl sites for hydroxylation is 2. The fourth-order valence-electron chi connectivity index (χ4n) is 2.28. The Hall–Kier alpha value is -2.94. The number of phenolic OH excluding ortho intramolecular Hbond substituents is 1. The molecule has 0 aliphatic carbocycles. The zero-order chi connectivity index (χ0) is 19.3. The third-order valence-electron chi connectivity index (χ3n) is 3.37. The van der Waals surface area contributed by atoms with E-state index in [-0.39, 0.29) is 23.6 Å². The molecule has 0 aromatic heterocycles. The molecule has 0 spiro atoms. The first kappa shape index (κ1) is 19.4. The molecule has 9 heteroatoms. The minimum Gasteiger partial charge on any atom is -0.508 e. The Morgan fingerprint density at radius 1 is 1.35 bits per heavy atom. The van der Waals surface area contributed by atoms with Crippen molar-refractivity contribution in [1.29, 1.82) is 0 Å². The van der Waals surface area contributed by atoms with E-state index in [9.17, 15) is 20.0 Å². The van der Waals surface area contributed by atoms with Crippen LogP contribution < -0.4 is 10.2 Å². The van der Waals surface area contributed by atoms with Crippen LogP contribution in [0.1, 0.15) is 16.7 Å². The lowest BCUT2D eigenvalue weighted by molar-refractivity contribution is -0.385. The van der Waals surface area contributed by atoms with Gasteiger partial charge in [0.25, 0.3) is 11.6 Å². The maximum Gasteiger partial charge on any atom is 0.278 e. The topological polar surface area (TPSA) is 114 Å². The van der Waals surface area contributed by atoms with Gasteiger partial charge in [0, 0.05) is 10.5 Å². The molecule has 2 rings (SSSR count). The van der Waals surface area contributed by atoms with E-state index in [0.29, 0.717) is 5.75 Å². The van der Waals surface area contributed by atoms with E-state index in [0.717, 1.165) is 27.9 Å². The third-order valence-corrected chi connectivity index (χ3v) is 3.83. The molecule has 0 radical (unpaired) electrons. The standard InChI is InChI=1S/C17H16BrN3O5/c1-10-5-13(18)6-11(2)17(10)26-9-16(23)20-19-8-12-7-14(22)3-4-15(12)21(24)25/h3-8,22H,9H2,1-2H3,(H,20,23)/b19-8+. The number of carbonyl (C=O) groups is 1. The molecule has 0 bridgehead atoms. The van der Waals surface area contributed by atoms with Crippen LogP contribution in [0.5, 0.6) is 11.5 Å². The van der Waals surface area contributed by atoms with Gasteiger partial charge in [-0.1, -0.05) is 15.9 Å². The molecule has 0 saturated heterocycles. The average molecular weight is 422 g/mol. The molecule has 0 aliphatic rings. The van der Waals surface area contributed by atoms with Gasteiger partial charge < -0.3 is 9.84 Å². The monoisotopic (exact) mass is 421 g/mol. The SMILES string of the molecule is Cc1cc(Br)cc(C)c1OCC(=O)N/N=C/c1cc(O)ccc1[N+](=O)[O-]. The van der Waals surface area contributed by atoms with Crippen molar-refractivity contribution in [3.05, 3.63) is 61.6 Å². The van der Waals surface area contributed by atoms with Gasteiger partial charge in [0.15, 0.2) is 6.61 Å². The smallest absolute Gasteiger partial charge is 0.278 e. The van der Waals surface area contributed by atoms with Crippen LogP contribution in [0.25, 0.3) is 0 Å². The highest BCUT2D eigenvalue weighted by molar-refractivity contribution is 9.10. The number of benzene rings is 2. The number of nitro benzene ring substituents is 1. The quantitative estimate of drug-likeness (QED) is 0.422.